The number of nitrogens with zero attached hydrogens (tertiary/aromatic N) is 3. The standard InChI is InChI=1S/C19H18BrN3S3/c1-2-3-4-5-6-12-7-8-15(24-12)16-10-9-14(25-16)13-11-21-19(20)18-17(13)22-26-23-18/h7-11H,2-6H2,1H3. The lowest BCUT2D eigenvalue weighted by Crippen LogP contribution is -1.82. The molecule has 3 nitrogen and oxygen atoms in total. The molecule has 0 unspecified atom stereocenters. The molecule has 0 N–H and O–H groups in total. The summed E-state index contributed by atoms with van der Waals surface area (Å²) in [5, 5.41) is 0. The molecular weight excluding hydrogens is 446 g/mol. The number of unbranched alkanes of at least 4 members (excludes halogenated alkanes) is 3. The first-order valence-electron chi connectivity index (χ1n) is 8.72. The Bertz CT molecular complexity index is 1020. The summed E-state index contributed by atoms with van der Waals surface area (Å²) in [4.78, 5) is 9.76. The fourth-order valence-corrected chi connectivity index (χ4v) is 6.13. The molecule has 134 valence electrons. The number of rotatable bonds is 7. The topological polar surface area (TPSA) is 38.7 Å². The Morgan fingerprint density at radius 2 is 1.65 bits per heavy atom. The summed E-state index contributed by atoms with van der Waals surface area (Å²) >= 11 is 8.41. The third kappa shape index (κ3) is 3.76. The van der Waals surface area contributed by atoms with Crippen molar-refractivity contribution in [2.24, 2.45) is 0 Å². The zero-order chi connectivity index (χ0) is 17.9. The number of hydrogen-bond acceptors (Lipinski definition) is 6. The van der Waals surface area contributed by atoms with Gasteiger partial charge in [-0.2, -0.15) is 8.75 Å². The average Bonchev–Trinajstić information content (AvgIpc) is 3.38. The second-order valence-corrected chi connectivity index (χ2v) is 9.70. The molecular formula is C19H18BrN3S3. The lowest BCUT2D eigenvalue weighted by atomic mass is 10.1. The van der Waals surface area contributed by atoms with E-state index in [0.29, 0.717) is 0 Å². The molecule has 0 atom stereocenters. The van der Waals surface area contributed by atoms with E-state index < -0.39 is 0 Å². The second kappa shape index (κ2) is 8.25. The van der Waals surface area contributed by atoms with Gasteiger partial charge in [-0.3, -0.25) is 0 Å². The number of aromatic nitrogens is 3. The fraction of sp³-hybridized carbons (Fsp3) is 0.316. The molecule has 0 amide bonds. The van der Waals surface area contributed by atoms with Crippen molar-refractivity contribution in [2.75, 3.05) is 0 Å². The third-order valence-electron chi connectivity index (χ3n) is 4.30. The Hall–Kier alpha value is -1.15. The molecule has 4 aromatic heterocycles. The fourth-order valence-electron chi connectivity index (χ4n) is 2.91. The van der Waals surface area contributed by atoms with E-state index in [1.165, 1.54) is 63.3 Å². The third-order valence-corrected chi connectivity index (χ3v) is 7.87. The maximum Gasteiger partial charge on any atom is 0.138 e. The maximum absolute atomic E-state index is 4.46. The van der Waals surface area contributed by atoms with Crippen LogP contribution in [0.15, 0.2) is 35.1 Å². The van der Waals surface area contributed by atoms with Crippen LogP contribution in [0.25, 0.3) is 31.2 Å². The Kier molecular flexibility index (Phi) is 5.78. The molecule has 0 aliphatic heterocycles. The molecule has 0 aliphatic rings. The lowest BCUT2D eigenvalue weighted by molar-refractivity contribution is 0.670. The van der Waals surface area contributed by atoms with Crippen LogP contribution in [0.5, 0.6) is 0 Å². The van der Waals surface area contributed by atoms with Crippen LogP contribution in [-0.2, 0) is 6.42 Å². The van der Waals surface area contributed by atoms with E-state index in [1.807, 2.05) is 17.5 Å². The van der Waals surface area contributed by atoms with Gasteiger partial charge in [-0.15, -0.1) is 22.7 Å². The number of fused-ring (bicyclic) bond motifs is 1. The van der Waals surface area contributed by atoms with Crippen LogP contribution < -0.4 is 0 Å². The summed E-state index contributed by atoms with van der Waals surface area (Å²) in [7, 11) is 0. The zero-order valence-electron chi connectivity index (χ0n) is 14.4. The van der Waals surface area contributed by atoms with Gasteiger partial charge in [0.2, 0.25) is 0 Å². The Morgan fingerprint density at radius 1 is 0.885 bits per heavy atom. The summed E-state index contributed by atoms with van der Waals surface area (Å²) in [5.74, 6) is 0. The minimum absolute atomic E-state index is 0.757. The van der Waals surface area contributed by atoms with Crippen molar-refractivity contribution in [3.8, 4) is 20.2 Å². The molecule has 0 fully saturated rings. The molecule has 4 aromatic rings. The Morgan fingerprint density at radius 3 is 2.54 bits per heavy atom. The predicted octanol–water partition coefficient (Wildman–Crippen LogP) is 7.43. The van der Waals surface area contributed by atoms with Crippen LogP contribution >= 0.6 is 50.3 Å². The highest BCUT2D eigenvalue weighted by Gasteiger charge is 2.14. The SMILES string of the molecule is CCCCCCc1ccc(-c2ccc(-c3cnc(Br)c4nsnc34)s2)s1. The van der Waals surface area contributed by atoms with Gasteiger partial charge >= 0.3 is 0 Å². The minimum Gasteiger partial charge on any atom is -0.246 e. The van der Waals surface area contributed by atoms with E-state index in [9.17, 15) is 0 Å². The van der Waals surface area contributed by atoms with Crippen LogP contribution in [0.4, 0.5) is 0 Å². The van der Waals surface area contributed by atoms with Gasteiger partial charge in [0, 0.05) is 31.3 Å². The van der Waals surface area contributed by atoms with E-state index >= 15 is 0 Å². The molecule has 0 saturated heterocycles. The molecule has 0 radical (unpaired) electrons. The minimum atomic E-state index is 0.757. The van der Waals surface area contributed by atoms with Gasteiger partial charge in [0.15, 0.2) is 0 Å². The summed E-state index contributed by atoms with van der Waals surface area (Å²) < 4.78 is 9.56. The summed E-state index contributed by atoms with van der Waals surface area (Å²) in [6.07, 6.45) is 8.35. The van der Waals surface area contributed by atoms with E-state index in [1.54, 1.807) is 11.3 Å². The van der Waals surface area contributed by atoms with Crippen molar-refractivity contribution in [3.05, 3.63) is 39.9 Å². The molecule has 0 aromatic carbocycles. The van der Waals surface area contributed by atoms with E-state index in [0.717, 1.165) is 21.2 Å². The number of thiophene rings is 2. The highest BCUT2D eigenvalue weighted by molar-refractivity contribution is 9.10. The van der Waals surface area contributed by atoms with E-state index in [2.05, 4.69) is 60.9 Å². The highest BCUT2D eigenvalue weighted by atomic mass is 79.9. The van der Waals surface area contributed by atoms with Crippen molar-refractivity contribution in [2.45, 2.75) is 39.0 Å². The second-order valence-electron chi connectivity index (χ2n) is 6.16. The van der Waals surface area contributed by atoms with Gasteiger partial charge in [-0.1, -0.05) is 26.2 Å². The van der Waals surface area contributed by atoms with E-state index in [4.69, 9.17) is 0 Å². The highest BCUT2D eigenvalue weighted by Crippen LogP contribution is 2.40. The van der Waals surface area contributed by atoms with Gasteiger partial charge in [-0.25, -0.2) is 4.98 Å². The average molecular weight is 464 g/mol. The maximum atomic E-state index is 4.46. The van der Waals surface area contributed by atoms with Crippen molar-refractivity contribution in [1.29, 1.82) is 0 Å². The van der Waals surface area contributed by atoms with Crippen LogP contribution in [0.3, 0.4) is 0 Å². The summed E-state index contributed by atoms with van der Waals surface area (Å²) in [6.45, 7) is 2.26. The van der Waals surface area contributed by atoms with Crippen molar-refractivity contribution < 1.29 is 0 Å². The molecule has 0 bridgehead atoms. The Balaban J connectivity index is 1.56. The van der Waals surface area contributed by atoms with Gasteiger partial charge in [0.05, 0.1) is 11.7 Å². The molecule has 0 aliphatic carbocycles. The first kappa shape index (κ1) is 18.2. The van der Waals surface area contributed by atoms with Gasteiger partial charge in [0.1, 0.15) is 15.6 Å². The van der Waals surface area contributed by atoms with Crippen LogP contribution in [0.2, 0.25) is 0 Å². The number of aryl methyl sites for hydroxylation is 1. The van der Waals surface area contributed by atoms with Gasteiger partial charge in [0.25, 0.3) is 0 Å². The zero-order valence-corrected chi connectivity index (χ0v) is 18.4. The smallest absolute Gasteiger partial charge is 0.138 e. The van der Waals surface area contributed by atoms with E-state index in [-0.39, 0.29) is 0 Å². The monoisotopic (exact) mass is 463 g/mol. The van der Waals surface area contributed by atoms with Crippen LogP contribution in [-0.4, -0.2) is 13.7 Å². The molecule has 7 heteroatoms. The van der Waals surface area contributed by atoms with Crippen molar-refractivity contribution in [3.63, 3.8) is 0 Å². The summed E-state index contributed by atoms with van der Waals surface area (Å²) in [6, 6.07) is 8.93. The molecule has 4 rings (SSSR count). The first-order chi connectivity index (χ1) is 12.8. The quantitative estimate of drug-likeness (QED) is 0.211. The molecule has 4 heterocycles. The van der Waals surface area contributed by atoms with Gasteiger partial charge in [-0.05, 0) is 53.0 Å². The molecule has 0 spiro atoms. The number of hydrogen-bond donors (Lipinski definition) is 0. The molecule has 0 saturated carbocycles. The van der Waals surface area contributed by atoms with Crippen LogP contribution in [0.1, 0.15) is 37.5 Å². The molecule has 26 heavy (non-hydrogen) atoms. The lowest BCUT2D eigenvalue weighted by Gasteiger charge is -1.99. The Labute approximate surface area is 173 Å². The van der Waals surface area contributed by atoms with Crippen molar-refractivity contribution in [1.82, 2.24) is 13.7 Å². The number of pyridine rings is 1. The first-order valence-corrected chi connectivity index (χ1v) is 11.9. The summed E-state index contributed by atoms with van der Waals surface area (Å²) in [5.41, 5.74) is 2.82. The number of halogens is 1. The van der Waals surface area contributed by atoms with Gasteiger partial charge < -0.3 is 0 Å². The predicted molar refractivity (Wildman–Crippen MR) is 117 cm³/mol. The van der Waals surface area contributed by atoms with Crippen LogP contribution in [0, 0.1) is 0 Å². The largest absolute Gasteiger partial charge is 0.246 e. The normalized spacial score (nSPS) is 11.5. The van der Waals surface area contributed by atoms with Crippen molar-refractivity contribution >= 4 is 61.4 Å².